The normalized spacial score (nSPS) is 10.9. The first kappa shape index (κ1) is 19.0. The number of carbonyl (C=O) groups is 1. The van der Waals surface area contributed by atoms with E-state index in [1.807, 2.05) is 0 Å². The lowest BCUT2D eigenvalue weighted by atomic mass is 10.2. The standard InChI is InChI=1S/C16H12F3NO6/c1-2-24-15(21)13-8-7-12(26-16(17,18)19)9-14(13)25-11-5-3-10(4-6-11)20(22)23/h3-9H,2H2,1H3. The van der Waals surface area contributed by atoms with Gasteiger partial charge in [0.05, 0.1) is 11.5 Å². The van der Waals surface area contributed by atoms with E-state index in [0.29, 0.717) is 0 Å². The molecule has 0 saturated carbocycles. The molecule has 10 heteroatoms. The molecule has 2 aromatic rings. The lowest BCUT2D eigenvalue weighted by molar-refractivity contribution is -0.384. The van der Waals surface area contributed by atoms with Crippen LogP contribution in [-0.4, -0.2) is 23.9 Å². The fourth-order valence-corrected chi connectivity index (χ4v) is 1.92. The molecule has 0 aromatic heterocycles. The quantitative estimate of drug-likeness (QED) is 0.423. The minimum absolute atomic E-state index is 0.0522. The third kappa shape index (κ3) is 5.10. The van der Waals surface area contributed by atoms with Crippen molar-refractivity contribution in [2.45, 2.75) is 13.3 Å². The van der Waals surface area contributed by atoms with E-state index in [0.717, 1.165) is 30.3 Å². The Morgan fingerprint density at radius 3 is 2.27 bits per heavy atom. The van der Waals surface area contributed by atoms with Crippen molar-refractivity contribution in [1.29, 1.82) is 0 Å². The summed E-state index contributed by atoms with van der Waals surface area (Å²) < 4.78 is 51.2. The molecular weight excluding hydrogens is 359 g/mol. The van der Waals surface area contributed by atoms with Crippen LogP contribution in [0.1, 0.15) is 17.3 Å². The SMILES string of the molecule is CCOC(=O)c1ccc(OC(F)(F)F)cc1Oc1ccc([N+](=O)[O-])cc1. The molecule has 0 saturated heterocycles. The summed E-state index contributed by atoms with van der Waals surface area (Å²) in [6.45, 7) is 1.62. The van der Waals surface area contributed by atoms with Gasteiger partial charge in [-0.15, -0.1) is 13.2 Å². The lowest BCUT2D eigenvalue weighted by Crippen LogP contribution is -2.17. The van der Waals surface area contributed by atoms with E-state index in [9.17, 15) is 28.1 Å². The van der Waals surface area contributed by atoms with Crippen molar-refractivity contribution in [3.63, 3.8) is 0 Å². The molecule has 2 rings (SSSR count). The van der Waals surface area contributed by atoms with Crippen molar-refractivity contribution >= 4 is 11.7 Å². The molecule has 26 heavy (non-hydrogen) atoms. The Labute approximate surface area is 145 Å². The molecule has 0 aliphatic carbocycles. The van der Waals surface area contributed by atoms with Crippen LogP contribution in [0.2, 0.25) is 0 Å². The van der Waals surface area contributed by atoms with E-state index >= 15 is 0 Å². The number of alkyl halides is 3. The smallest absolute Gasteiger partial charge is 0.462 e. The van der Waals surface area contributed by atoms with Gasteiger partial charge in [0, 0.05) is 18.2 Å². The first-order valence-electron chi connectivity index (χ1n) is 7.19. The van der Waals surface area contributed by atoms with Crippen molar-refractivity contribution < 1.29 is 37.1 Å². The van der Waals surface area contributed by atoms with Crippen LogP contribution in [0.25, 0.3) is 0 Å². The van der Waals surface area contributed by atoms with Gasteiger partial charge in [-0.25, -0.2) is 4.79 Å². The molecule has 2 aromatic carbocycles. The average molecular weight is 371 g/mol. The summed E-state index contributed by atoms with van der Waals surface area (Å²) >= 11 is 0. The highest BCUT2D eigenvalue weighted by Gasteiger charge is 2.31. The Hall–Kier alpha value is -3.30. The van der Waals surface area contributed by atoms with Crippen LogP contribution in [0, 0.1) is 10.1 Å². The number of non-ortho nitro benzene ring substituents is 1. The van der Waals surface area contributed by atoms with Crippen LogP contribution in [0.3, 0.4) is 0 Å². The number of carbonyl (C=O) groups excluding carboxylic acids is 1. The van der Waals surface area contributed by atoms with Crippen LogP contribution < -0.4 is 9.47 Å². The molecule has 0 aliphatic rings. The number of rotatable bonds is 6. The van der Waals surface area contributed by atoms with Crippen LogP contribution in [0.4, 0.5) is 18.9 Å². The third-order valence-electron chi connectivity index (χ3n) is 2.96. The van der Waals surface area contributed by atoms with Gasteiger partial charge in [-0.3, -0.25) is 10.1 Å². The summed E-state index contributed by atoms with van der Waals surface area (Å²) in [7, 11) is 0. The fraction of sp³-hybridized carbons (Fsp3) is 0.188. The van der Waals surface area contributed by atoms with Gasteiger partial charge in [0.2, 0.25) is 0 Å². The van der Waals surface area contributed by atoms with Gasteiger partial charge in [0.25, 0.3) is 5.69 Å². The average Bonchev–Trinajstić information content (AvgIpc) is 2.54. The zero-order valence-corrected chi connectivity index (χ0v) is 13.3. The second-order valence-corrected chi connectivity index (χ2v) is 4.78. The Bertz CT molecular complexity index is 805. The topological polar surface area (TPSA) is 87.9 Å². The maximum Gasteiger partial charge on any atom is 0.573 e. The molecule has 0 spiro atoms. The van der Waals surface area contributed by atoms with E-state index in [4.69, 9.17) is 9.47 Å². The van der Waals surface area contributed by atoms with E-state index < -0.39 is 23.0 Å². The first-order chi connectivity index (χ1) is 12.2. The van der Waals surface area contributed by atoms with Crippen LogP contribution >= 0.6 is 0 Å². The van der Waals surface area contributed by atoms with Crippen molar-refractivity contribution in [2.75, 3.05) is 6.61 Å². The Morgan fingerprint density at radius 1 is 1.12 bits per heavy atom. The van der Waals surface area contributed by atoms with Crippen molar-refractivity contribution in [3.05, 3.63) is 58.1 Å². The van der Waals surface area contributed by atoms with E-state index in [2.05, 4.69) is 4.74 Å². The number of benzene rings is 2. The monoisotopic (exact) mass is 371 g/mol. The summed E-state index contributed by atoms with van der Waals surface area (Å²) in [6.07, 6.45) is -4.92. The van der Waals surface area contributed by atoms with Crippen LogP contribution in [0.15, 0.2) is 42.5 Å². The third-order valence-corrected chi connectivity index (χ3v) is 2.96. The fourth-order valence-electron chi connectivity index (χ4n) is 1.92. The number of nitro groups is 1. The molecule has 138 valence electrons. The molecule has 0 heterocycles. The summed E-state index contributed by atoms with van der Waals surface area (Å²) in [4.78, 5) is 22.0. The molecule has 0 unspecified atom stereocenters. The van der Waals surface area contributed by atoms with Gasteiger partial charge in [0.1, 0.15) is 22.8 Å². The molecule has 0 fully saturated rings. The largest absolute Gasteiger partial charge is 0.573 e. The van der Waals surface area contributed by atoms with Gasteiger partial charge >= 0.3 is 12.3 Å². The molecule has 7 nitrogen and oxygen atoms in total. The van der Waals surface area contributed by atoms with E-state index in [1.165, 1.54) is 12.1 Å². The number of halogens is 3. The molecule has 0 atom stereocenters. The number of hydrogen-bond donors (Lipinski definition) is 0. The number of ether oxygens (including phenoxy) is 3. The number of hydrogen-bond acceptors (Lipinski definition) is 6. The molecule has 0 bridgehead atoms. The Kier molecular flexibility index (Phi) is 5.65. The predicted molar refractivity (Wildman–Crippen MR) is 82.3 cm³/mol. The molecule has 0 radical (unpaired) electrons. The predicted octanol–water partition coefficient (Wildman–Crippen LogP) is 4.46. The lowest BCUT2D eigenvalue weighted by Gasteiger charge is -2.14. The Balaban J connectivity index is 2.36. The van der Waals surface area contributed by atoms with Gasteiger partial charge in [-0.1, -0.05) is 0 Å². The maximum atomic E-state index is 12.4. The molecular formula is C16H12F3NO6. The van der Waals surface area contributed by atoms with Gasteiger partial charge < -0.3 is 14.2 Å². The summed E-state index contributed by atoms with van der Waals surface area (Å²) in [5.74, 6) is -1.57. The zero-order chi connectivity index (χ0) is 19.3. The highest BCUT2D eigenvalue weighted by atomic mass is 19.4. The second kappa shape index (κ2) is 7.72. The molecule has 0 amide bonds. The summed E-state index contributed by atoms with van der Waals surface area (Å²) in [6, 6.07) is 7.67. The van der Waals surface area contributed by atoms with Crippen LogP contribution in [0.5, 0.6) is 17.2 Å². The van der Waals surface area contributed by atoms with Gasteiger partial charge in [-0.2, -0.15) is 0 Å². The van der Waals surface area contributed by atoms with E-state index in [1.54, 1.807) is 6.92 Å². The minimum Gasteiger partial charge on any atom is -0.462 e. The van der Waals surface area contributed by atoms with Crippen molar-refractivity contribution in [3.8, 4) is 17.2 Å². The zero-order valence-electron chi connectivity index (χ0n) is 13.3. The second-order valence-electron chi connectivity index (χ2n) is 4.78. The highest BCUT2D eigenvalue weighted by molar-refractivity contribution is 5.93. The Morgan fingerprint density at radius 2 is 1.73 bits per heavy atom. The summed E-state index contributed by atoms with van der Waals surface area (Å²) in [5.41, 5.74) is -0.322. The van der Waals surface area contributed by atoms with Crippen LogP contribution in [-0.2, 0) is 4.74 Å². The number of nitro benzene ring substituents is 1. The molecule has 0 aliphatic heterocycles. The molecule has 0 N–H and O–H groups in total. The first-order valence-corrected chi connectivity index (χ1v) is 7.19. The van der Waals surface area contributed by atoms with E-state index in [-0.39, 0.29) is 29.4 Å². The van der Waals surface area contributed by atoms with Crippen molar-refractivity contribution in [2.24, 2.45) is 0 Å². The summed E-state index contributed by atoms with van der Waals surface area (Å²) in [5, 5.41) is 10.6. The number of nitrogens with zero attached hydrogens (tertiary/aromatic N) is 1. The maximum absolute atomic E-state index is 12.4. The minimum atomic E-state index is -4.92. The van der Waals surface area contributed by atoms with Crippen molar-refractivity contribution in [1.82, 2.24) is 0 Å². The van der Waals surface area contributed by atoms with Gasteiger partial charge in [0.15, 0.2) is 0 Å². The van der Waals surface area contributed by atoms with Gasteiger partial charge in [-0.05, 0) is 31.2 Å². The number of esters is 1. The highest BCUT2D eigenvalue weighted by Crippen LogP contribution is 2.33.